The Morgan fingerprint density at radius 1 is 1.15 bits per heavy atom. The molecule has 4 rings (SSSR count). The monoisotopic (exact) mass is 506 g/mol. The summed E-state index contributed by atoms with van der Waals surface area (Å²) in [4.78, 5) is 7.07. The maximum atomic E-state index is 15.0. The molecule has 1 fully saturated rings. The molecule has 1 unspecified atom stereocenters. The Labute approximate surface area is 203 Å². The molecule has 34 heavy (non-hydrogen) atoms. The molecular formula is C24H25ClF2N4O2S. The van der Waals surface area contributed by atoms with Gasteiger partial charge in [0.1, 0.15) is 16.5 Å². The predicted molar refractivity (Wildman–Crippen MR) is 130 cm³/mol. The molecule has 180 valence electrons. The van der Waals surface area contributed by atoms with Crippen molar-refractivity contribution < 1.29 is 17.2 Å². The lowest BCUT2D eigenvalue weighted by Crippen LogP contribution is -2.35. The summed E-state index contributed by atoms with van der Waals surface area (Å²) in [5, 5.41) is 0.103. The number of likely N-dealkylation sites (N-methyl/N-ethyl adjacent to an activating group) is 1. The van der Waals surface area contributed by atoms with Crippen molar-refractivity contribution in [1.82, 2.24) is 9.88 Å². The molecule has 1 aromatic heterocycles. The molecule has 2 heterocycles. The van der Waals surface area contributed by atoms with E-state index in [0.717, 1.165) is 37.7 Å². The molecule has 1 aliphatic rings. The van der Waals surface area contributed by atoms with Gasteiger partial charge in [0.05, 0.1) is 10.7 Å². The zero-order chi connectivity index (χ0) is 24.5. The average molecular weight is 507 g/mol. The second kappa shape index (κ2) is 9.85. The summed E-state index contributed by atoms with van der Waals surface area (Å²) in [5.74, 6) is -2.07. The minimum atomic E-state index is -4.36. The van der Waals surface area contributed by atoms with Crippen molar-refractivity contribution in [2.24, 2.45) is 0 Å². The van der Waals surface area contributed by atoms with Crippen molar-refractivity contribution in [2.45, 2.75) is 30.3 Å². The minimum absolute atomic E-state index is 0.0835. The van der Waals surface area contributed by atoms with Gasteiger partial charge in [-0.25, -0.2) is 17.8 Å². The Morgan fingerprint density at radius 3 is 2.59 bits per heavy atom. The topological polar surface area (TPSA) is 65.5 Å². The van der Waals surface area contributed by atoms with E-state index in [-0.39, 0.29) is 22.9 Å². The Kier molecular flexibility index (Phi) is 7.06. The number of aromatic nitrogens is 1. The molecule has 6 nitrogen and oxygen atoms in total. The van der Waals surface area contributed by atoms with E-state index in [9.17, 15) is 17.2 Å². The van der Waals surface area contributed by atoms with Crippen LogP contribution in [0.3, 0.4) is 0 Å². The predicted octanol–water partition coefficient (Wildman–Crippen LogP) is 5.09. The first-order valence-corrected chi connectivity index (χ1v) is 12.7. The quantitative estimate of drug-likeness (QED) is 0.452. The first kappa shape index (κ1) is 24.4. The number of sulfonamides is 1. The van der Waals surface area contributed by atoms with E-state index in [1.54, 1.807) is 0 Å². The van der Waals surface area contributed by atoms with Gasteiger partial charge in [-0.05, 0) is 37.1 Å². The summed E-state index contributed by atoms with van der Waals surface area (Å²) in [6.45, 7) is 3.80. The molecule has 0 saturated carbocycles. The van der Waals surface area contributed by atoms with Crippen molar-refractivity contribution in [3.05, 3.63) is 83.0 Å². The summed E-state index contributed by atoms with van der Waals surface area (Å²) in [6.07, 6.45) is 0.860. The van der Waals surface area contributed by atoms with Crippen LogP contribution in [0.2, 0.25) is 5.02 Å². The Morgan fingerprint density at radius 2 is 1.88 bits per heavy atom. The highest BCUT2D eigenvalue weighted by atomic mass is 35.5. The molecule has 1 saturated heterocycles. The zero-order valence-electron chi connectivity index (χ0n) is 18.7. The van der Waals surface area contributed by atoms with Crippen LogP contribution in [0.15, 0.2) is 65.6 Å². The number of likely N-dealkylation sites (tertiary alicyclic amines) is 1. The molecule has 0 aliphatic carbocycles. The number of pyridine rings is 1. The Hall–Kier alpha value is -2.75. The molecular weight excluding hydrogens is 482 g/mol. The summed E-state index contributed by atoms with van der Waals surface area (Å²) in [5.41, 5.74) is 1.63. The van der Waals surface area contributed by atoms with Gasteiger partial charge in [0.2, 0.25) is 5.95 Å². The van der Waals surface area contributed by atoms with Crippen molar-refractivity contribution >= 4 is 33.1 Å². The molecule has 0 spiro atoms. The minimum Gasteiger partial charge on any atom is -0.369 e. The second-order valence-electron chi connectivity index (χ2n) is 8.32. The van der Waals surface area contributed by atoms with E-state index in [1.807, 2.05) is 30.1 Å². The van der Waals surface area contributed by atoms with Gasteiger partial charge >= 0.3 is 0 Å². The molecule has 3 aromatic rings. The lowest BCUT2D eigenvalue weighted by Gasteiger charge is -2.30. The van der Waals surface area contributed by atoms with Crippen LogP contribution in [0, 0.1) is 11.8 Å². The lowest BCUT2D eigenvalue weighted by molar-refractivity contribution is 0.259. The van der Waals surface area contributed by atoms with Crippen LogP contribution >= 0.6 is 11.6 Å². The molecule has 0 amide bonds. The van der Waals surface area contributed by atoms with Crippen LogP contribution in [-0.4, -0.2) is 44.5 Å². The number of halogens is 3. The Bertz CT molecular complexity index is 1280. The largest absolute Gasteiger partial charge is 0.369 e. The highest BCUT2D eigenvalue weighted by Crippen LogP contribution is 2.34. The van der Waals surface area contributed by atoms with E-state index >= 15 is 0 Å². The van der Waals surface area contributed by atoms with E-state index in [0.29, 0.717) is 5.69 Å². The van der Waals surface area contributed by atoms with Gasteiger partial charge in [-0.2, -0.15) is 4.39 Å². The van der Waals surface area contributed by atoms with Gasteiger partial charge in [0.15, 0.2) is 0 Å². The zero-order valence-corrected chi connectivity index (χ0v) is 20.3. The summed E-state index contributed by atoms with van der Waals surface area (Å²) < 4.78 is 55.7. The molecule has 1 aliphatic heterocycles. The van der Waals surface area contributed by atoms with E-state index < -0.39 is 26.7 Å². The third-order valence-corrected chi connectivity index (χ3v) is 7.87. The van der Waals surface area contributed by atoms with Gasteiger partial charge in [0.25, 0.3) is 10.0 Å². The maximum absolute atomic E-state index is 15.0. The number of rotatable bonds is 7. The van der Waals surface area contributed by atoms with Crippen LogP contribution in [0.1, 0.15) is 24.9 Å². The van der Waals surface area contributed by atoms with Crippen LogP contribution in [0.5, 0.6) is 0 Å². The van der Waals surface area contributed by atoms with Crippen LogP contribution in [0.4, 0.5) is 20.3 Å². The number of nitrogens with one attached hydrogen (secondary N) is 1. The van der Waals surface area contributed by atoms with Gasteiger partial charge < -0.3 is 4.90 Å². The third kappa shape index (κ3) is 5.16. The number of hydrogen-bond acceptors (Lipinski definition) is 5. The first-order chi connectivity index (χ1) is 16.2. The van der Waals surface area contributed by atoms with Crippen LogP contribution in [-0.2, 0) is 10.0 Å². The standard InChI is InChI=1S/C24H25ClF2N4O2S/c1-16(17-7-4-3-5-8-17)31-12-11-18(15-31)30(2)21-14-20(26)22(13-19(21)25)34(32,33)29-24-10-6-9-23(27)28-24/h3-10,13-14,16,18H,11-12,15H2,1-2H3,(H,28,29)/t16-,18?/m1/s1. The molecule has 2 atom stereocenters. The number of anilines is 2. The van der Waals surface area contributed by atoms with Crippen LogP contribution in [0.25, 0.3) is 0 Å². The third-order valence-electron chi connectivity index (χ3n) is 6.20. The number of hydrogen-bond donors (Lipinski definition) is 1. The fourth-order valence-corrected chi connectivity index (χ4v) is 5.68. The van der Waals surface area contributed by atoms with E-state index in [1.165, 1.54) is 17.7 Å². The molecule has 10 heteroatoms. The highest BCUT2D eigenvalue weighted by molar-refractivity contribution is 7.92. The lowest BCUT2D eigenvalue weighted by atomic mass is 10.1. The van der Waals surface area contributed by atoms with E-state index in [2.05, 4.69) is 33.7 Å². The van der Waals surface area contributed by atoms with Gasteiger partial charge in [0, 0.05) is 38.3 Å². The molecule has 1 N–H and O–H groups in total. The molecule has 0 radical (unpaired) electrons. The van der Waals surface area contributed by atoms with E-state index in [4.69, 9.17) is 11.6 Å². The van der Waals surface area contributed by atoms with Crippen molar-refractivity contribution in [1.29, 1.82) is 0 Å². The molecule has 0 bridgehead atoms. The SMILES string of the molecule is C[C@H](c1ccccc1)N1CCC(N(C)c2cc(F)c(S(=O)(=O)Nc3cccc(F)n3)cc2Cl)C1. The van der Waals surface area contributed by atoms with Crippen molar-refractivity contribution in [2.75, 3.05) is 29.8 Å². The summed E-state index contributed by atoms with van der Waals surface area (Å²) >= 11 is 6.41. The summed E-state index contributed by atoms with van der Waals surface area (Å²) in [7, 11) is -2.54. The second-order valence-corrected chi connectivity index (χ2v) is 10.4. The normalized spacial score (nSPS) is 17.5. The average Bonchev–Trinajstić information content (AvgIpc) is 3.30. The Balaban J connectivity index is 1.51. The first-order valence-electron chi connectivity index (χ1n) is 10.8. The van der Waals surface area contributed by atoms with Gasteiger partial charge in [-0.3, -0.25) is 9.62 Å². The number of benzene rings is 2. The summed E-state index contributed by atoms with van der Waals surface area (Å²) in [6, 6.07) is 16.4. The smallest absolute Gasteiger partial charge is 0.266 e. The fourth-order valence-electron chi connectivity index (χ4n) is 4.23. The highest BCUT2D eigenvalue weighted by Gasteiger charge is 2.31. The fraction of sp³-hybridized carbons (Fsp3) is 0.292. The van der Waals surface area contributed by atoms with Gasteiger partial charge in [-0.1, -0.05) is 48.0 Å². The van der Waals surface area contributed by atoms with Gasteiger partial charge in [-0.15, -0.1) is 0 Å². The maximum Gasteiger partial charge on any atom is 0.266 e. The van der Waals surface area contributed by atoms with Crippen LogP contribution < -0.4 is 9.62 Å². The van der Waals surface area contributed by atoms with Crippen molar-refractivity contribution in [3.63, 3.8) is 0 Å². The molecule has 2 aromatic carbocycles. The number of nitrogens with zero attached hydrogens (tertiary/aromatic N) is 3. The van der Waals surface area contributed by atoms with Crippen molar-refractivity contribution in [3.8, 4) is 0 Å².